The number of benzene rings is 2. The molecule has 2 aromatic rings. The maximum Gasteiger partial charge on any atom is 0.161 e. The summed E-state index contributed by atoms with van der Waals surface area (Å²) < 4.78 is 17.2. The van der Waals surface area contributed by atoms with Gasteiger partial charge in [-0.25, -0.2) is 0 Å². The monoisotopic (exact) mass is 418 g/mol. The zero-order valence-corrected chi connectivity index (χ0v) is 17.9. The molecule has 0 radical (unpaired) electrons. The van der Waals surface area contributed by atoms with Crippen molar-refractivity contribution in [1.82, 2.24) is 10.2 Å². The molecule has 1 heterocycles. The normalized spacial score (nSPS) is 14.7. The van der Waals surface area contributed by atoms with Gasteiger partial charge in [0.05, 0.1) is 19.8 Å². The molecule has 3 rings (SSSR count). The minimum atomic E-state index is 0.416. The van der Waals surface area contributed by atoms with E-state index in [1.165, 1.54) is 5.56 Å². The second-order valence-corrected chi connectivity index (χ2v) is 7.49. The number of hydrogen-bond donors (Lipinski definition) is 1. The van der Waals surface area contributed by atoms with Crippen LogP contribution in [0.3, 0.4) is 0 Å². The Balaban J connectivity index is 1.47. The van der Waals surface area contributed by atoms with Crippen molar-refractivity contribution in [1.29, 1.82) is 0 Å². The molecule has 2 aromatic carbocycles. The summed E-state index contributed by atoms with van der Waals surface area (Å²) in [7, 11) is 0. The molecule has 1 N–H and O–H groups in total. The number of nitrogens with zero attached hydrogens (tertiary/aromatic N) is 1. The van der Waals surface area contributed by atoms with E-state index in [2.05, 4.69) is 22.3 Å². The Bertz CT molecular complexity index is 751. The van der Waals surface area contributed by atoms with Crippen LogP contribution in [-0.2, 0) is 17.9 Å². The molecule has 0 spiro atoms. The third-order valence-electron chi connectivity index (χ3n) is 4.91. The lowest BCUT2D eigenvalue weighted by Gasteiger charge is -2.26. The zero-order valence-electron chi connectivity index (χ0n) is 17.2. The van der Waals surface area contributed by atoms with Crippen LogP contribution in [0.4, 0.5) is 0 Å². The van der Waals surface area contributed by atoms with Crippen LogP contribution in [0.25, 0.3) is 0 Å². The van der Waals surface area contributed by atoms with Gasteiger partial charge >= 0.3 is 0 Å². The average Bonchev–Trinajstić information content (AvgIpc) is 2.75. The molecule has 0 saturated carbocycles. The summed E-state index contributed by atoms with van der Waals surface area (Å²) in [5.74, 6) is 1.51. The molecule has 29 heavy (non-hydrogen) atoms. The quantitative estimate of drug-likeness (QED) is 0.556. The molecule has 1 fully saturated rings. The van der Waals surface area contributed by atoms with Gasteiger partial charge in [-0.3, -0.25) is 4.90 Å². The van der Waals surface area contributed by atoms with Crippen molar-refractivity contribution in [3.63, 3.8) is 0 Å². The largest absolute Gasteiger partial charge is 0.490 e. The van der Waals surface area contributed by atoms with Crippen LogP contribution < -0.4 is 14.8 Å². The molecule has 0 bridgehead atoms. The van der Waals surface area contributed by atoms with Crippen LogP contribution >= 0.6 is 11.6 Å². The van der Waals surface area contributed by atoms with Crippen molar-refractivity contribution in [2.75, 3.05) is 46.0 Å². The molecule has 0 atom stereocenters. The lowest BCUT2D eigenvalue weighted by atomic mass is 10.2. The minimum absolute atomic E-state index is 0.416. The van der Waals surface area contributed by atoms with E-state index in [1.54, 1.807) is 0 Å². The predicted octanol–water partition coefficient (Wildman–Crippen LogP) is 4.13. The molecule has 1 aliphatic rings. The second kappa shape index (κ2) is 12.0. The number of ether oxygens (including phenoxy) is 3. The third-order valence-corrected chi connectivity index (χ3v) is 5.28. The highest BCUT2D eigenvalue weighted by molar-refractivity contribution is 6.31. The number of nitrogens with one attached hydrogen (secondary N) is 1. The second-order valence-electron chi connectivity index (χ2n) is 7.08. The molecule has 5 nitrogen and oxygen atoms in total. The molecular formula is C23H31ClN2O3. The van der Waals surface area contributed by atoms with Gasteiger partial charge < -0.3 is 19.5 Å². The molecule has 6 heteroatoms. The molecule has 1 aliphatic heterocycles. The van der Waals surface area contributed by atoms with Crippen molar-refractivity contribution in [2.45, 2.75) is 26.5 Å². The first kappa shape index (κ1) is 21.9. The first-order valence-corrected chi connectivity index (χ1v) is 10.8. The lowest BCUT2D eigenvalue weighted by molar-refractivity contribution is 0.0374. The van der Waals surface area contributed by atoms with E-state index in [1.807, 2.05) is 37.3 Å². The summed E-state index contributed by atoms with van der Waals surface area (Å²) >= 11 is 6.22. The Morgan fingerprint density at radius 1 is 1.07 bits per heavy atom. The average molecular weight is 419 g/mol. The highest BCUT2D eigenvalue weighted by atomic mass is 35.5. The Morgan fingerprint density at radius 2 is 1.90 bits per heavy atom. The smallest absolute Gasteiger partial charge is 0.161 e. The van der Waals surface area contributed by atoms with Crippen LogP contribution in [0, 0.1) is 0 Å². The van der Waals surface area contributed by atoms with Crippen LogP contribution in [0.1, 0.15) is 24.5 Å². The summed E-state index contributed by atoms with van der Waals surface area (Å²) in [5.41, 5.74) is 2.15. The maximum absolute atomic E-state index is 6.22. The minimum Gasteiger partial charge on any atom is -0.490 e. The fourth-order valence-corrected chi connectivity index (χ4v) is 3.50. The van der Waals surface area contributed by atoms with Gasteiger partial charge in [0.1, 0.15) is 6.61 Å². The summed E-state index contributed by atoms with van der Waals surface area (Å²) in [4.78, 5) is 2.46. The zero-order chi connectivity index (χ0) is 20.3. The Hall–Kier alpha value is -1.79. The molecular weight excluding hydrogens is 388 g/mol. The van der Waals surface area contributed by atoms with Gasteiger partial charge in [0.25, 0.3) is 0 Å². The summed E-state index contributed by atoms with van der Waals surface area (Å²) in [6.45, 7) is 9.74. The van der Waals surface area contributed by atoms with E-state index in [4.69, 9.17) is 25.8 Å². The first-order valence-electron chi connectivity index (χ1n) is 10.4. The van der Waals surface area contributed by atoms with E-state index < -0.39 is 0 Å². The van der Waals surface area contributed by atoms with E-state index in [-0.39, 0.29) is 0 Å². The first-order chi connectivity index (χ1) is 14.3. The van der Waals surface area contributed by atoms with Crippen LogP contribution in [0.2, 0.25) is 5.02 Å². The number of hydrogen-bond acceptors (Lipinski definition) is 5. The Labute approximate surface area is 178 Å². The highest BCUT2D eigenvalue weighted by Gasteiger charge is 2.10. The maximum atomic E-state index is 6.22. The topological polar surface area (TPSA) is 43.0 Å². The molecule has 0 amide bonds. The van der Waals surface area contributed by atoms with Crippen molar-refractivity contribution >= 4 is 11.6 Å². The van der Waals surface area contributed by atoms with E-state index in [0.717, 1.165) is 69.4 Å². The summed E-state index contributed by atoms with van der Waals surface area (Å²) in [6.07, 6.45) is 1.14. The molecule has 0 aliphatic carbocycles. The Morgan fingerprint density at radius 3 is 2.69 bits per heavy atom. The standard InChI is InChI=1S/C23H31ClN2O3/c1-2-28-23-16-19(17-25-10-5-11-26-12-14-27-15-13-26)8-9-22(23)29-18-20-6-3-4-7-21(20)24/h3-4,6-9,16,25H,2,5,10-15,17-18H2,1H3. The fourth-order valence-electron chi connectivity index (χ4n) is 3.31. The van der Waals surface area contributed by atoms with Crippen molar-refractivity contribution in [3.05, 3.63) is 58.6 Å². The van der Waals surface area contributed by atoms with Crippen LogP contribution in [-0.4, -0.2) is 50.9 Å². The van der Waals surface area contributed by atoms with E-state index in [9.17, 15) is 0 Å². The van der Waals surface area contributed by atoms with Gasteiger partial charge in [-0.05, 0) is 50.2 Å². The van der Waals surface area contributed by atoms with Gasteiger partial charge in [0.2, 0.25) is 0 Å². The van der Waals surface area contributed by atoms with Crippen molar-refractivity contribution < 1.29 is 14.2 Å². The molecule has 158 valence electrons. The van der Waals surface area contributed by atoms with Gasteiger partial charge in [-0.1, -0.05) is 35.9 Å². The van der Waals surface area contributed by atoms with Crippen LogP contribution in [0.5, 0.6) is 11.5 Å². The van der Waals surface area contributed by atoms with Crippen molar-refractivity contribution in [2.24, 2.45) is 0 Å². The van der Waals surface area contributed by atoms with Gasteiger partial charge in [-0.2, -0.15) is 0 Å². The number of halogens is 1. The molecule has 1 saturated heterocycles. The summed E-state index contributed by atoms with van der Waals surface area (Å²) in [5, 5.41) is 4.24. The van der Waals surface area contributed by atoms with E-state index >= 15 is 0 Å². The van der Waals surface area contributed by atoms with Gasteiger partial charge in [0.15, 0.2) is 11.5 Å². The molecule has 0 aromatic heterocycles. The van der Waals surface area contributed by atoms with Gasteiger partial charge in [-0.15, -0.1) is 0 Å². The van der Waals surface area contributed by atoms with E-state index in [0.29, 0.717) is 18.2 Å². The third kappa shape index (κ3) is 7.19. The summed E-state index contributed by atoms with van der Waals surface area (Å²) in [6, 6.07) is 13.8. The van der Waals surface area contributed by atoms with Crippen LogP contribution in [0.15, 0.2) is 42.5 Å². The number of rotatable bonds is 11. The Kier molecular flexibility index (Phi) is 9.09. The van der Waals surface area contributed by atoms with Crippen molar-refractivity contribution in [3.8, 4) is 11.5 Å². The predicted molar refractivity (Wildman–Crippen MR) is 117 cm³/mol. The van der Waals surface area contributed by atoms with Gasteiger partial charge in [0, 0.05) is 30.2 Å². The lowest BCUT2D eigenvalue weighted by Crippen LogP contribution is -2.37. The SMILES string of the molecule is CCOc1cc(CNCCCN2CCOCC2)ccc1OCc1ccccc1Cl. The highest BCUT2D eigenvalue weighted by Crippen LogP contribution is 2.30. The fraction of sp³-hybridized carbons (Fsp3) is 0.478. The molecule has 0 unspecified atom stereocenters. The number of morpholine rings is 1.